The van der Waals surface area contributed by atoms with Crippen LogP contribution in [0.25, 0.3) is 55.8 Å². The molecule has 11 aromatic rings. The normalized spacial score (nSPS) is 12.4. The monoisotopic (exact) mass is 1110 g/mol. The second-order valence-corrected chi connectivity index (χ2v) is 20.0. The molecule has 0 bridgehead atoms. The van der Waals surface area contributed by atoms with Crippen LogP contribution in [0.2, 0.25) is 0 Å². The van der Waals surface area contributed by atoms with Gasteiger partial charge in [0.05, 0.1) is 0 Å². The van der Waals surface area contributed by atoms with Crippen molar-refractivity contribution < 1.29 is 24.1 Å². The van der Waals surface area contributed by atoms with E-state index in [9.17, 15) is 0 Å². The van der Waals surface area contributed by atoms with Crippen molar-refractivity contribution in [3.63, 3.8) is 0 Å². The number of para-hydroxylation sites is 5. The molecule has 0 amide bonds. The Morgan fingerprint density at radius 2 is 1.14 bits per heavy atom. The van der Waals surface area contributed by atoms with Crippen molar-refractivity contribution >= 4 is 46.4 Å². The van der Waals surface area contributed by atoms with E-state index >= 15 is 0 Å². The van der Waals surface area contributed by atoms with Gasteiger partial charge in [0.2, 0.25) is 0 Å². The van der Waals surface area contributed by atoms with E-state index in [4.69, 9.17) is 9.72 Å². The minimum absolute atomic E-state index is 0.0828. The van der Waals surface area contributed by atoms with Gasteiger partial charge >= 0.3 is 350 Å². The van der Waals surface area contributed by atoms with Crippen molar-refractivity contribution in [3.8, 4) is 56.4 Å². The number of benzene rings is 9. The third-order valence-electron chi connectivity index (χ3n) is 13.4. The Kier molecular flexibility index (Phi) is 11.7. The van der Waals surface area contributed by atoms with Crippen LogP contribution in [0.15, 0.2) is 237 Å². The summed E-state index contributed by atoms with van der Waals surface area (Å²) in [6.07, 6.45) is 0. The number of fused-ring (bicyclic) bond motifs is 2. The van der Waals surface area contributed by atoms with Gasteiger partial charge in [0.15, 0.2) is 0 Å². The minimum atomic E-state index is -0.225. The number of ether oxygens (including phenoxy) is 1. The molecule has 12 rings (SSSR count). The fraction of sp³-hybridized carbons (Fsp3) is 0.0625. The third-order valence-corrected chi connectivity index (χ3v) is 14.4. The average Bonchev–Trinajstić information content (AvgIpc) is 3.93. The summed E-state index contributed by atoms with van der Waals surface area (Å²) in [5.41, 5.74) is 16.4. The van der Waals surface area contributed by atoms with E-state index in [-0.39, 0.29) is 12.4 Å². The van der Waals surface area contributed by atoms with Gasteiger partial charge in [0.1, 0.15) is 0 Å². The van der Waals surface area contributed by atoms with Crippen molar-refractivity contribution in [3.05, 3.63) is 258 Å². The number of pyridine rings is 1. The summed E-state index contributed by atoms with van der Waals surface area (Å²) in [5, 5.41) is 0. The van der Waals surface area contributed by atoms with Gasteiger partial charge in [-0.1, -0.05) is 48.5 Å². The number of hydrogen-bond donors (Lipinski definition) is 0. The summed E-state index contributed by atoms with van der Waals surface area (Å²) in [6.45, 7) is 6.65. The van der Waals surface area contributed by atoms with Gasteiger partial charge in [-0.2, -0.15) is 12.1 Å². The number of anilines is 4. The quantitative estimate of drug-likeness (QED) is 0.101. The van der Waals surface area contributed by atoms with Gasteiger partial charge in [-0.3, -0.25) is 0 Å². The molecule has 0 radical (unpaired) electrons. The Morgan fingerprint density at radius 3 is 1.86 bits per heavy atom. The SMILES string of the molecule is CC(C)(C)c1cc(-c2ccccc2)cc(-c2cccc(-c3ccccc3)c2-n2[c](=[Pt])n(-c3[c-]c(Oc4cccc(N5B(c6ccccc6)N(c6ccccc6)c6ccc[c-]c65)n4)ccc3)c3ccccc32)c1. The van der Waals surface area contributed by atoms with Crippen LogP contribution < -0.4 is 19.8 Å². The molecule has 1 aliphatic heterocycles. The Bertz CT molecular complexity index is 3810. The fourth-order valence-electron chi connectivity index (χ4n) is 9.98. The van der Waals surface area contributed by atoms with Crippen LogP contribution in [-0.4, -0.2) is 21.1 Å². The molecule has 72 heavy (non-hydrogen) atoms. The summed E-state index contributed by atoms with van der Waals surface area (Å²) in [6, 6.07) is 90.4. The molecule has 350 valence electrons. The molecule has 2 aromatic heterocycles. The summed E-state index contributed by atoms with van der Waals surface area (Å²) in [4.78, 5) is 9.82. The topological polar surface area (TPSA) is 38.5 Å². The molecule has 0 spiro atoms. The van der Waals surface area contributed by atoms with Gasteiger partial charge in [-0.15, -0.1) is 6.07 Å². The Balaban J connectivity index is 0.972. The van der Waals surface area contributed by atoms with E-state index in [1.807, 2.05) is 42.5 Å². The summed E-state index contributed by atoms with van der Waals surface area (Å²) < 4.78 is 12.4. The van der Waals surface area contributed by atoms with Gasteiger partial charge in [-0.25, -0.2) is 0 Å². The number of rotatable bonds is 10. The zero-order valence-corrected chi connectivity index (χ0v) is 42.3. The van der Waals surface area contributed by atoms with E-state index in [1.54, 1.807) is 0 Å². The molecule has 0 N–H and O–H groups in total. The molecule has 0 saturated carbocycles. The first-order valence-corrected chi connectivity index (χ1v) is 25.4. The first-order chi connectivity index (χ1) is 35.3. The Hall–Kier alpha value is -8.25. The average molecular weight is 1110 g/mol. The standard InChI is InChI=1S/C64H48BN5O.Pt/c1-64(2,3)50-42-48(46-23-8-4-9-24-46)41-49(43-50)56-34-21-33-55(47-25-10-5-11-26-47)63(56)68-45-67(57-35-16-17-36-58(57)68)53-31-20-32-54(44-53)71-62-40-22-39-61(66-62)70-60-38-19-18-37-59(60)69(52-29-14-7-15-30-52)65(70)51-27-12-6-13-28-51;/h4-37,39-43H,1-3H3;/q-2;. The molecule has 0 aliphatic carbocycles. The molecule has 8 heteroatoms. The first-order valence-electron chi connectivity index (χ1n) is 24.2. The van der Waals surface area contributed by atoms with Gasteiger partial charge < -0.3 is 0 Å². The van der Waals surface area contributed by atoms with Crippen molar-refractivity contribution in [1.82, 2.24) is 14.1 Å². The predicted octanol–water partition coefficient (Wildman–Crippen LogP) is 15.3. The van der Waals surface area contributed by atoms with Crippen LogP contribution >= 0.6 is 0 Å². The van der Waals surface area contributed by atoms with Crippen LogP contribution in [0.4, 0.5) is 22.9 Å². The molecule has 0 saturated heterocycles. The summed E-state index contributed by atoms with van der Waals surface area (Å²) >= 11 is 2.50. The van der Waals surface area contributed by atoms with E-state index in [2.05, 4.69) is 265 Å². The van der Waals surface area contributed by atoms with Crippen molar-refractivity contribution in [2.45, 2.75) is 26.2 Å². The van der Waals surface area contributed by atoms with Crippen LogP contribution in [-0.2, 0) is 24.8 Å². The molecule has 3 heterocycles. The molecule has 1 aliphatic rings. The maximum atomic E-state index is 6.73. The maximum absolute atomic E-state index is 6.73. The second-order valence-electron chi connectivity index (χ2n) is 19.0. The van der Waals surface area contributed by atoms with E-state index in [0.717, 1.165) is 76.8 Å². The number of imidazole rings is 1. The predicted molar refractivity (Wildman–Crippen MR) is 292 cm³/mol. The molecular weight excluding hydrogens is 1060 g/mol. The summed E-state index contributed by atoms with van der Waals surface area (Å²) in [5.74, 6) is 1.75. The Morgan fingerprint density at radius 1 is 0.528 bits per heavy atom. The fourth-order valence-corrected chi connectivity index (χ4v) is 11.1. The Labute approximate surface area is 432 Å². The van der Waals surface area contributed by atoms with Crippen molar-refractivity contribution in [1.29, 1.82) is 0 Å². The van der Waals surface area contributed by atoms with Crippen LogP contribution in [0, 0.1) is 15.9 Å². The molecular formula is C64H48BN5OPt-2. The number of nitrogens with zero attached hydrogens (tertiary/aromatic N) is 5. The van der Waals surface area contributed by atoms with E-state index in [0.29, 0.717) is 11.6 Å². The molecule has 9 aromatic carbocycles. The van der Waals surface area contributed by atoms with Gasteiger partial charge in [0, 0.05) is 5.69 Å². The number of aromatic nitrogens is 3. The van der Waals surface area contributed by atoms with Gasteiger partial charge in [-0.05, 0) is 12.1 Å². The summed E-state index contributed by atoms with van der Waals surface area (Å²) in [7, 11) is 0. The second kappa shape index (κ2) is 18.8. The zero-order valence-electron chi connectivity index (χ0n) is 40.1. The van der Waals surface area contributed by atoms with Crippen LogP contribution in [0.3, 0.4) is 0 Å². The molecule has 0 unspecified atom stereocenters. The van der Waals surface area contributed by atoms with E-state index in [1.165, 1.54) is 16.7 Å². The zero-order chi connectivity index (χ0) is 48.8. The third kappa shape index (κ3) is 8.30. The van der Waals surface area contributed by atoms with Crippen LogP contribution in [0.5, 0.6) is 11.6 Å². The molecule has 0 atom stereocenters. The number of hydrogen-bond acceptors (Lipinski definition) is 4. The van der Waals surface area contributed by atoms with Gasteiger partial charge in [0.25, 0.3) is 0 Å². The first kappa shape index (κ1) is 44.9. The molecule has 0 fully saturated rings. The van der Waals surface area contributed by atoms with Crippen molar-refractivity contribution in [2.75, 3.05) is 9.62 Å². The van der Waals surface area contributed by atoms with Crippen molar-refractivity contribution in [2.24, 2.45) is 0 Å². The molecule has 6 nitrogen and oxygen atoms in total. The van der Waals surface area contributed by atoms with Crippen LogP contribution in [0.1, 0.15) is 26.3 Å². The van der Waals surface area contributed by atoms with E-state index < -0.39 is 0 Å².